The monoisotopic (exact) mass is 264 g/mol. The van der Waals surface area contributed by atoms with Crippen LogP contribution in [0.25, 0.3) is 10.9 Å². The molecule has 0 aliphatic heterocycles. The number of carbonyl (C=O) groups excluding carboxylic acids is 1. The number of hydrogen-bond acceptors (Lipinski definition) is 2. The first-order valence-corrected chi connectivity index (χ1v) is 5.27. The molecule has 0 saturated carbocycles. The van der Waals surface area contributed by atoms with E-state index in [0.29, 0.717) is 0 Å². The van der Waals surface area contributed by atoms with Gasteiger partial charge in [-0.2, -0.15) is 0 Å². The van der Waals surface area contributed by atoms with Crippen LogP contribution in [0.4, 0.5) is 5.69 Å². The van der Waals surface area contributed by atoms with Crippen molar-refractivity contribution in [3.63, 3.8) is 0 Å². The molecule has 0 aliphatic carbocycles. The summed E-state index contributed by atoms with van der Waals surface area (Å²) in [5.41, 5.74) is 1.63. The number of anilines is 1. The first kappa shape index (κ1) is 10.1. The Hall–Kier alpha value is -1.42. The molecule has 0 radical (unpaired) electrons. The average molecular weight is 265 g/mol. The van der Waals surface area contributed by atoms with E-state index in [0.717, 1.165) is 21.1 Å². The highest BCUT2D eigenvalue weighted by Crippen LogP contribution is 2.20. The molecule has 1 heterocycles. The van der Waals surface area contributed by atoms with Crippen molar-refractivity contribution in [2.75, 3.05) is 5.32 Å². The van der Waals surface area contributed by atoms with Crippen molar-refractivity contribution in [1.29, 1.82) is 0 Å². The maximum Gasteiger partial charge on any atom is 0.221 e. The molecule has 1 aromatic carbocycles. The van der Waals surface area contributed by atoms with Crippen molar-refractivity contribution in [3.05, 3.63) is 34.9 Å². The molecule has 2 rings (SSSR count). The fourth-order valence-corrected chi connectivity index (χ4v) is 1.72. The SMILES string of the molecule is CC(=O)Nc1ccc2cc(Br)cnc2c1. The summed E-state index contributed by atoms with van der Waals surface area (Å²) in [4.78, 5) is 15.1. The van der Waals surface area contributed by atoms with E-state index in [1.807, 2.05) is 24.3 Å². The lowest BCUT2D eigenvalue weighted by Gasteiger charge is -2.03. The first-order valence-electron chi connectivity index (χ1n) is 4.48. The molecule has 0 unspecified atom stereocenters. The third-order valence-corrected chi connectivity index (χ3v) is 2.40. The lowest BCUT2D eigenvalue weighted by atomic mass is 10.2. The highest BCUT2D eigenvalue weighted by Gasteiger charge is 1.99. The molecule has 0 atom stereocenters. The van der Waals surface area contributed by atoms with Crippen molar-refractivity contribution in [3.8, 4) is 0 Å². The minimum Gasteiger partial charge on any atom is -0.326 e. The van der Waals surface area contributed by atoms with Gasteiger partial charge in [0, 0.05) is 28.7 Å². The molecule has 4 heteroatoms. The third kappa shape index (κ3) is 2.33. The van der Waals surface area contributed by atoms with Crippen LogP contribution in [0, 0.1) is 0 Å². The molecule has 0 aliphatic rings. The second-order valence-electron chi connectivity index (χ2n) is 3.24. The maximum atomic E-state index is 10.9. The number of aromatic nitrogens is 1. The molecule has 2 aromatic rings. The Morgan fingerprint density at radius 3 is 2.93 bits per heavy atom. The maximum absolute atomic E-state index is 10.9. The van der Waals surface area contributed by atoms with Crippen LogP contribution in [0.3, 0.4) is 0 Å². The van der Waals surface area contributed by atoms with Gasteiger partial charge in [0.25, 0.3) is 0 Å². The van der Waals surface area contributed by atoms with Crippen LogP contribution < -0.4 is 5.32 Å². The lowest BCUT2D eigenvalue weighted by Crippen LogP contribution is -2.05. The zero-order valence-corrected chi connectivity index (χ0v) is 9.71. The molecule has 3 nitrogen and oxygen atoms in total. The zero-order chi connectivity index (χ0) is 10.8. The highest BCUT2D eigenvalue weighted by molar-refractivity contribution is 9.10. The highest BCUT2D eigenvalue weighted by atomic mass is 79.9. The normalized spacial score (nSPS) is 10.3. The standard InChI is InChI=1S/C11H9BrN2O/c1-7(15)14-10-3-2-8-4-9(12)6-13-11(8)5-10/h2-6H,1H3,(H,14,15). The van der Waals surface area contributed by atoms with Crippen LogP contribution in [0.2, 0.25) is 0 Å². The van der Waals surface area contributed by atoms with Crippen molar-refractivity contribution in [2.24, 2.45) is 0 Å². The lowest BCUT2D eigenvalue weighted by molar-refractivity contribution is -0.114. The fraction of sp³-hybridized carbons (Fsp3) is 0.0909. The topological polar surface area (TPSA) is 42.0 Å². The molecule has 0 fully saturated rings. The molecular formula is C11H9BrN2O. The number of hydrogen-bond donors (Lipinski definition) is 1. The quantitative estimate of drug-likeness (QED) is 0.861. The largest absolute Gasteiger partial charge is 0.326 e. The second kappa shape index (κ2) is 3.98. The van der Waals surface area contributed by atoms with E-state index in [1.54, 1.807) is 6.20 Å². The zero-order valence-electron chi connectivity index (χ0n) is 8.12. The van der Waals surface area contributed by atoms with Gasteiger partial charge in [0.2, 0.25) is 5.91 Å². The van der Waals surface area contributed by atoms with Gasteiger partial charge in [0.05, 0.1) is 5.52 Å². The minimum atomic E-state index is -0.0774. The Morgan fingerprint density at radius 2 is 2.20 bits per heavy atom. The van der Waals surface area contributed by atoms with E-state index in [-0.39, 0.29) is 5.91 Å². The molecule has 0 bridgehead atoms. The summed E-state index contributed by atoms with van der Waals surface area (Å²) in [5.74, 6) is -0.0774. The number of rotatable bonds is 1. The number of halogens is 1. The minimum absolute atomic E-state index is 0.0774. The summed E-state index contributed by atoms with van der Waals surface area (Å²) >= 11 is 3.36. The summed E-state index contributed by atoms with van der Waals surface area (Å²) in [6.45, 7) is 1.49. The number of carbonyl (C=O) groups is 1. The Kier molecular flexibility index (Phi) is 2.68. The van der Waals surface area contributed by atoms with Gasteiger partial charge in [0.15, 0.2) is 0 Å². The van der Waals surface area contributed by atoms with Crippen molar-refractivity contribution < 1.29 is 4.79 Å². The van der Waals surface area contributed by atoms with Crippen LogP contribution in [-0.2, 0) is 4.79 Å². The molecule has 76 valence electrons. The van der Waals surface area contributed by atoms with Crippen LogP contribution in [0.15, 0.2) is 34.9 Å². The molecule has 15 heavy (non-hydrogen) atoms. The number of nitrogens with one attached hydrogen (secondary N) is 1. The van der Waals surface area contributed by atoms with Crippen LogP contribution in [0.1, 0.15) is 6.92 Å². The van der Waals surface area contributed by atoms with Crippen LogP contribution >= 0.6 is 15.9 Å². The summed E-state index contributed by atoms with van der Waals surface area (Å²) < 4.78 is 0.947. The van der Waals surface area contributed by atoms with E-state index in [2.05, 4.69) is 26.2 Å². The Bertz CT molecular complexity index is 525. The summed E-state index contributed by atoms with van der Waals surface area (Å²) in [6, 6.07) is 7.62. The van der Waals surface area contributed by atoms with Crippen molar-refractivity contribution in [2.45, 2.75) is 6.92 Å². The summed E-state index contributed by atoms with van der Waals surface area (Å²) in [5, 5.41) is 3.76. The number of nitrogens with zero attached hydrogens (tertiary/aromatic N) is 1. The van der Waals surface area contributed by atoms with Gasteiger partial charge in [-0.3, -0.25) is 9.78 Å². The van der Waals surface area contributed by atoms with Crippen molar-refractivity contribution in [1.82, 2.24) is 4.98 Å². The number of pyridine rings is 1. The van der Waals surface area contributed by atoms with Gasteiger partial charge >= 0.3 is 0 Å². The Balaban J connectivity index is 2.47. The molecular weight excluding hydrogens is 256 g/mol. The smallest absolute Gasteiger partial charge is 0.221 e. The number of fused-ring (bicyclic) bond motifs is 1. The van der Waals surface area contributed by atoms with Gasteiger partial charge in [0.1, 0.15) is 0 Å². The predicted octanol–water partition coefficient (Wildman–Crippen LogP) is 2.96. The first-order chi connectivity index (χ1) is 7.15. The van der Waals surface area contributed by atoms with Gasteiger partial charge in [-0.05, 0) is 34.1 Å². The fourth-order valence-electron chi connectivity index (χ4n) is 1.38. The Labute approximate surface area is 95.6 Å². The number of benzene rings is 1. The van der Waals surface area contributed by atoms with E-state index in [1.165, 1.54) is 6.92 Å². The summed E-state index contributed by atoms with van der Waals surface area (Å²) in [7, 11) is 0. The molecule has 1 N–H and O–H groups in total. The number of amides is 1. The van der Waals surface area contributed by atoms with Gasteiger partial charge in [-0.15, -0.1) is 0 Å². The summed E-state index contributed by atoms with van der Waals surface area (Å²) in [6.07, 6.45) is 1.74. The Morgan fingerprint density at radius 1 is 1.40 bits per heavy atom. The molecule has 1 aromatic heterocycles. The van der Waals surface area contributed by atoms with E-state index in [9.17, 15) is 4.79 Å². The van der Waals surface area contributed by atoms with Gasteiger partial charge in [-0.25, -0.2) is 0 Å². The van der Waals surface area contributed by atoms with Crippen LogP contribution in [0.5, 0.6) is 0 Å². The van der Waals surface area contributed by atoms with E-state index >= 15 is 0 Å². The van der Waals surface area contributed by atoms with E-state index < -0.39 is 0 Å². The molecule has 0 spiro atoms. The molecule has 0 saturated heterocycles. The van der Waals surface area contributed by atoms with Gasteiger partial charge < -0.3 is 5.32 Å². The van der Waals surface area contributed by atoms with Crippen LogP contribution in [-0.4, -0.2) is 10.9 Å². The van der Waals surface area contributed by atoms with E-state index in [4.69, 9.17) is 0 Å². The predicted molar refractivity (Wildman–Crippen MR) is 63.7 cm³/mol. The molecule has 1 amide bonds. The third-order valence-electron chi connectivity index (χ3n) is 1.97. The average Bonchev–Trinajstić information content (AvgIpc) is 2.17. The second-order valence-corrected chi connectivity index (χ2v) is 4.16. The van der Waals surface area contributed by atoms with Crippen molar-refractivity contribution >= 4 is 38.4 Å². The van der Waals surface area contributed by atoms with Gasteiger partial charge in [-0.1, -0.05) is 6.07 Å².